The van der Waals surface area contributed by atoms with Crippen LogP contribution in [-0.4, -0.2) is 13.1 Å². The number of benzene rings is 1. The van der Waals surface area contributed by atoms with Crippen LogP contribution in [0.1, 0.15) is 5.56 Å². The van der Waals surface area contributed by atoms with Crippen LogP contribution in [0.4, 0.5) is 15.9 Å². The van der Waals surface area contributed by atoms with Crippen molar-refractivity contribution in [3.8, 4) is 23.0 Å². The van der Waals surface area contributed by atoms with Gasteiger partial charge < -0.3 is 16.2 Å². The van der Waals surface area contributed by atoms with Crippen LogP contribution in [0.25, 0.3) is 0 Å². The molecule has 0 radical (unpaired) electrons. The van der Waals surface area contributed by atoms with Crippen molar-refractivity contribution in [3.63, 3.8) is 0 Å². The Labute approximate surface area is 130 Å². The number of nitrogens with zero attached hydrogens (tertiary/aromatic N) is 1. The van der Waals surface area contributed by atoms with Gasteiger partial charge in [-0.25, -0.2) is 9.37 Å². The summed E-state index contributed by atoms with van der Waals surface area (Å²) in [7, 11) is -1.59. The van der Waals surface area contributed by atoms with Gasteiger partial charge in [0.2, 0.25) is 0 Å². The second kappa shape index (κ2) is 6.08. The highest BCUT2D eigenvalue weighted by molar-refractivity contribution is 6.83. The van der Waals surface area contributed by atoms with E-state index in [1.807, 2.05) is 0 Å². The molecule has 0 atom stereocenters. The largest absolute Gasteiger partial charge is 0.453 e. The average molecular weight is 315 g/mol. The summed E-state index contributed by atoms with van der Waals surface area (Å²) in [6.07, 6.45) is 1.50. The van der Waals surface area contributed by atoms with Crippen LogP contribution >= 0.6 is 0 Å². The Morgan fingerprint density at radius 3 is 2.50 bits per heavy atom. The summed E-state index contributed by atoms with van der Waals surface area (Å²) in [5.41, 5.74) is 15.4. The fraction of sp³-hybridized carbons (Fsp3) is 0.188. The van der Waals surface area contributed by atoms with Crippen LogP contribution in [0.3, 0.4) is 0 Å². The fourth-order valence-corrected chi connectivity index (χ4v) is 2.14. The molecule has 1 aromatic carbocycles. The summed E-state index contributed by atoms with van der Waals surface area (Å²) in [6.45, 7) is 6.35. The van der Waals surface area contributed by atoms with Gasteiger partial charge in [0, 0.05) is 24.0 Å². The maximum absolute atomic E-state index is 13.9. The molecule has 0 saturated heterocycles. The van der Waals surface area contributed by atoms with Crippen molar-refractivity contribution >= 4 is 19.6 Å². The van der Waals surface area contributed by atoms with Gasteiger partial charge >= 0.3 is 0 Å². The molecule has 4 N–H and O–H groups in total. The lowest BCUT2D eigenvalue weighted by molar-refractivity contribution is 0.441. The molecule has 0 aliphatic heterocycles. The van der Waals surface area contributed by atoms with Crippen LogP contribution in [0, 0.1) is 17.3 Å². The van der Waals surface area contributed by atoms with Gasteiger partial charge in [0.05, 0.1) is 0 Å². The second-order valence-corrected chi connectivity index (χ2v) is 10.6. The summed E-state index contributed by atoms with van der Waals surface area (Å²) >= 11 is 0. The Morgan fingerprint density at radius 1 is 1.14 bits per heavy atom. The normalized spacial score (nSPS) is 10.7. The zero-order valence-electron chi connectivity index (χ0n) is 12.8. The van der Waals surface area contributed by atoms with E-state index in [0.717, 1.165) is 0 Å². The van der Waals surface area contributed by atoms with E-state index in [9.17, 15) is 4.39 Å². The predicted octanol–water partition coefficient (Wildman–Crippen LogP) is 3.41. The summed E-state index contributed by atoms with van der Waals surface area (Å²) in [6, 6.07) is 5.85. The minimum Gasteiger partial charge on any atom is -0.453 e. The SMILES string of the molecule is C[Si](C)(C)C#Cc1c(Oc2ccc(N)cc2F)ccnc1N. The predicted molar refractivity (Wildman–Crippen MR) is 89.8 cm³/mol. The molecule has 22 heavy (non-hydrogen) atoms. The molecule has 1 aromatic heterocycles. The Bertz CT molecular complexity index is 760. The Balaban J connectivity index is 2.43. The van der Waals surface area contributed by atoms with Crippen molar-refractivity contribution in [3.05, 3.63) is 41.8 Å². The summed E-state index contributed by atoms with van der Waals surface area (Å²) in [5, 5.41) is 0. The van der Waals surface area contributed by atoms with E-state index in [1.165, 1.54) is 18.3 Å². The number of anilines is 2. The molecule has 4 nitrogen and oxygen atoms in total. The minimum atomic E-state index is -1.59. The van der Waals surface area contributed by atoms with Crippen LogP contribution in [0.15, 0.2) is 30.5 Å². The standard InChI is InChI=1S/C16H18FN3OSi/c1-22(2,3)9-7-12-14(6-8-20-16(12)19)21-15-5-4-11(18)10-13(15)17/h4-6,8,10H,18H2,1-3H3,(H2,19,20). The molecule has 0 aliphatic rings. The van der Waals surface area contributed by atoms with E-state index in [-0.39, 0.29) is 11.6 Å². The minimum absolute atomic E-state index is 0.0656. The van der Waals surface area contributed by atoms with Gasteiger partial charge in [0.15, 0.2) is 11.6 Å². The molecule has 0 saturated carbocycles. The molecule has 6 heteroatoms. The Morgan fingerprint density at radius 2 is 1.86 bits per heavy atom. The van der Waals surface area contributed by atoms with Crippen molar-refractivity contribution < 1.29 is 9.13 Å². The molecule has 0 fully saturated rings. The number of hydrogen-bond donors (Lipinski definition) is 2. The molecule has 0 amide bonds. The molecule has 0 spiro atoms. The highest BCUT2D eigenvalue weighted by Gasteiger charge is 2.13. The van der Waals surface area contributed by atoms with Crippen LogP contribution in [0.5, 0.6) is 11.5 Å². The molecule has 2 aromatic rings. The monoisotopic (exact) mass is 315 g/mol. The first kappa shape index (κ1) is 15.9. The highest BCUT2D eigenvalue weighted by atomic mass is 28.3. The van der Waals surface area contributed by atoms with Crippen molar-refractivity contribution in [2.24, 2.45) is 0 Å². The number of pyridine rings is 1. The van der Waals surface area contributed by atoms with E-state index < -0.39 is 13.9 Å². The summed E-state index contributed by atoms with van der Waals surface area (Å²) in [4.78, 5) is 4.02. The van der Waals surface area contributed by atoms with Crippen LogP contribution < -0.4 is 16.2 Å². The molecule has 0 aliphatic carbocycles. The third-order valence-electron chi connectivity index (χ3n) is 2.68. The molecule has 2 rings (SSSR count). The number of ether oxygens (including phenoxy) is 1. The third-order valence-corrected chi connectivity index (χ3v) is 3.56. The number of nitrogen functional groups attached to an aromatic ring is 2. The molecule has 1 heterocycles. The third kappa shape index (κ3) is 3.99. The number of aromatic nitrogens is 1. The first-order valence-electron chi connectivity index (χ1n) is 6.77. The maximum atomic E-state index is 13.9. The first-order chi connectivity index (χ1) is 10.3. The van der Waals surface area contributed by atoms with Gasteiger partial charge in [-0.15, -0.1) is 5.54 Å². The number of nitrogens with two attached hydrogens (primary N) is 2. The summed E-state index contributed by atoms with van der Waals surface area (Å²) < 4.78 is 19.5. The average Bonchev–Trinajstić information content (AvgIpc) is 2.40. The molecule has 0 unspecified atom stereocenters. The fourth-order valence-electron chi connectivity index (χ4n) is 1.64. The number of halogens is 1. The van der Waals surface area contributed by atoms with Crippen molar-refractivity contribution in [2.45, 2.75) is 19.6 Å². The van der Waals surface area contributed by atoms with E-state index in [0.29, 0.717) is 17.0 Å². The number of rotatable bonds is 2. The van der Waals surface area contributed by atoms with Gasteiger partial charge in [-0.3, -0.25) is 0 Å². The van der Waals surface area contributed by atoms with Crippen LogP contribution in [0.2, 0.25) is 19.6 Å². The van der Waals surface area contributed by atoms with Gasteiger partial charge in [-0.05, 0) is 12.1 Å². The van der Waals surface area contributed by atoms with E-state index in [2.05, 4.69) is 36.1 Å². The quantitative estimate of drug-likeness (QED) is 0.506. The van der Waals surface area contributed by atoms with E-state index in [4.69, 9.17) is 16.2 Å². The molecule has 114 valence electrons. The molecular weight excluding hydrogens is 297 g/mol. The van der Waals surface area contributed by atoms with E-state index >= 15 is 0 Å². The zero-order valence-corrected chi connectivity index (χ0v) is 13.8. The Hall–Kier alpha value is -2.52. The lowest BCUT2D eigenvalue weighted by Gasteiger charge is -2.11. The van der Waals surface area contributed by atoms with Gasteiger partial charge in [-0.1, -0.05) is 25.6 Å². The zero-order chi connectivity index (χ0) is 16.3. The first-order valence-corrected chi connectivity index (χ1v) is 10.3. The van der Waals surface area contributed by atoms with Crippen molar-refractivity contribution in [1.29, 1.82) is 0 Å². The highest BCUT2D eigenvalue weighted by Crippen LogP contribution is 2.29. The lowest BCUT2D eigenvalue weighted by atomic mass is 10.2. The second-order valence-electron chi connectivity index (χ2n) is 5.86. The maximum Gasteiger partial charge on any atom is 0.167 e. The molecule has 0 bridgehead atoms. The number of hydrogen-bond acceptors (Lipinski definition) is 4. The van der Waals surface area contributed by atoms with Gasteiger partial charge in [0.1, 0.15) is 25.2 Å². The molecular formula is C16H18FN3OSi. The Kier molecular flexibility index (Phi) is 4.38. The van der Waals surface area contributed by atoms with Crippen LogP contribution in [-0.2, 0) is 0 Å². The van der Waals surface area contributed by atoms with Crippen molar-refractivity contribution in [2.75, 3.05) is 11.5 Å². The smallest absolute Gasteiger partial charge is 0.167 e. The lowest BCUT2D eigenvalue weighted by Crippen LogP contribution is -2.16. The van der Waals surface area contributed by atoms with E-state index in [1.54, 1.807) is 12.1 Å². The summed E-state index contributed by atoms with van der Waals surface area (Å²) in [5.74, 6) is 3.19. The topological polar surface area (TPSA) is 74.2 Å². The van der Waals surface area contributed by atoms with Gasteiger partial charge in [-0.2, -0.15) is 0 Å². The van der Waals surface area contributed by atoms with Gasteiger partial charge in [0.25, 0.3) is 0 Å². The van der Waals surface area contributed by atoms with Crippen molar-refractivity contribution in [1.82, 2.24) is 4.98 Å².